The highest BCUT2D eigenvalue weighted by atomic mass is 32.2. The second kappa shape index (κ2) is 13.6. The predicted molar refractivity (Wildman–Crippen MR) is 230 cm³/mol. The Hall–Kier alpha value is -5.25. The fourth-order valence-corrected chi connectivity index (χ4v) is 9.41. The number of hydrogen-bond acceptors (Lipinski definition) is 2. The van der Waals surface area contributed by atoms with Crippen molar-refractivity contribution in [3.63, 3.8) is 0 Å². The first-order chi connectivity index (χ1) is 25.9. The zero-order valence-electron chi connectivity index (χ0n) is 31.1. The lowest BCUT2D eigenvalue weighted by Gasteiger charge is -2.42. The first-order valence-electron chi connectivity index (χ1n) is 19.1. The molecule has 0 N–H and O–H groups in total. The third kappa shape index (κ3) is 6.11. The van der Waals surface area contributed by atoms with Gasteiger partial charge >= 0.3 is 0 Å². The summed E-state index contributed by atoms with van der Waals surface area (Å²) in [4.78, 5) is 5.35. The Morgan fingerprint density at radius 1 is 0.509 bits per heavy atom. The van der Waals surface area contributed by atoms with Crippen LogP contribution in [0.3, 0.4) is 0 Å². The van der Waals surface area contributed by atoms with E-state index >= 15 is 0 Å². The van der Waals surface area contributed by atoms with Crippen molar-refractivity contribution >= 4 is 51.9 Å². The highest BCUT2D eigenvalue weighted by Gasteiger charge is 2.42. The quantitative estimate of drug-likeness (QED) is 0.152. The van der Waals surface area contributed by atoms with Crippen LogP contribution in [0.4, 0.5) is 17.1 Å². The number of anilines is 3. The molecule has 7 aromatic carbocycles. The minimum absolute atomic E-state index is 0.0148. The minimum Gasteiger partial charge on any atom is -0.311 e. The number of unbranched alkanes of at least 4 members (excludes halogenated alkanes) is 1. The van der Waals surface area contributed by atoms with E-state index in [1.165, 1.54) is 87.7 Å². The largest absolute Gasteiger partial charge is 0.311 e. The van der Waals surface area contributed by atoms with Crippen LogP contribution in [-0.2, 0) is 11.8 Å². The van der Waals surface area contributed by atoms with E-state index in [2.05, 4.69) is 190 Å². The smallest absolute Gasteiger partial charge is 0.249 e. The molecule has 0 atom stereocenters. The molecule has 0 amide bonds. The number of fused-ring (bicyclic) bond motifs is 4. The molecule has 0 bridgehead atoms. The molecule has 0 fully saturated rings. The van der Waals surface area contributed by atoms with Gasteiger partial charge in [-0.1, -0.05) is 179 Å². The van der Waals surface area contributed by atoms with Gasteiger partial charge in [0.05, 0.1) is 0 Å². The van der Waals surface area contributed by atoms with Gasteiger partial charge in [0.25, 0.3) is 0 Å². The van der Waals surface area contributed by atoms with Crippen LogP contribution >= 0.6 is 11.8 Å². The van der Waals surface area contributed by atoms with Crippen LogP contribution in [0.2, 0.25) is 0 Å². The highest BCUT2D eigenvalue weighted by Crippen LogP contribution is 2.46. The minimum atomic E-state index is -0.0148. The summed E-state index contributed by atoms with van der Waals surface area (Å²) in [5, 5.41) is 0. The number of hydrogen-bond donors (Lipinski definition) is 0. The van der Waals surface area contributed by atoms with Crippen molar-refractivity contribution in [1.82, 2.24) is 0 Å². The van der Waals surface area contributed by atoms with Gasteiger partial charge in [-0.05, 0) is 104 Å². The molecule has 2 aliphatic heterocycles. The van der Waals surface area contributed by atoms with Crippen LogP contribution in [0, 0.1) is 0 Å². The molecular weight excluding hydrogens is 657 g/mol. The number of nitrogens with zero attached hydrogens (tertiary/aromatic N) is 1. The summed E-state index contributed by atoms with van der Waals surface area (Å²) in [6.45, 7) is 9.44. The van der Waals surface area contributed by atoms with E-state index in [1.54, 1.807) is 0 Å². The van der Waals surface area contributed by atoms with Gasteiger partial charge in [-0.25, -0.2) is 0 Å². The Morgan fingerprint density at radius 3 is 1.68 bits per heavy atom. The van der Waals surface area contributed by atoms with Gasteiger partial charge in [0.1, 0.15) is 0 Å². The summed E-state index contributed by atoms with van der Waals surface area (Å²) in [5.74, 6) is 0. The van der Waals surface area contributed by atoms with E-state index in [1.807, 2.05) is 11.8 Å². The highest BCUT2D eigenvalue weighted by molar-refractivity contribution is 8.00. The van der Waals surface area contributed by atoms with E-state index in [4.69, 9.17) is 0 Å². The number of benzene rings is 7. The van der Waals surface area contributed by atoms with E-state index in [0.717, 1.165) is 19.3 Å². The maximum Gasteiger partial charge on any atom is 0.249 e. The third-order valence-electron chi connectivity index (χ3n) is 11.1. The summed E-state index contributed by atoms with van der Waals surface area (Å²) in [7, 11) is 0. The zero-order valence-corrected chi connectivity index (χ0v) is 31.9. The van der Waals surface area contributed by atoms with Crippen LogP contribution in [-0.4, -0.2) is 6.71 Å². The molecule has 1 nitrogen and oxygen atoms in total. The molecule has 0 spiro atoms. The lowest BCUT2D eigenvalue weighted by atomic mass is 9.34. The molecular formula is C50H44BNS. The maximum atomic E-state index is 2.64. The van der Waals surface area contributed by atoms with Crippen molar-refractivity contribution in [3.05, 3.63) is 169 Å². The van der Waals surface area contributed by atoms with Crippen molar-refractivity contribution in [3.8, 4) is 33.4 Å². The fourth-order valence-electron chi connectivity index (χ4n) is 8.23. The molecule has 9 rings (SSSR count). The Kier molecular flexibility index (Phi) is 8.63. The summed E-state index contributed by atoms with van der Waals surface area (Å²) in [5.41, 5.74) is 18.3. The Balaban J connectivity index is 1.35. The second-order valence-electron chi connectivity index (χ2n) is 15.6. The molecule has 0 aliphatic carbocycles. The van der Waals surface area contributed by atoms with Crippen molar-refractivity contribution in [1.29, 1.82) is 0 Å². The van der Waals surface area contributed by atoms with Gasteiger partial charge in [0, 0.05) is 26.9 Å². The monoisotopic (exact) mass is 701 g/mol. The van der Waals surface area contributed by atoms with Gasteiger partial charge in [-0.2, -0.15) is 0 Å². The molecule has 0 aromatic heterocycles. The predicted octanol–water partition coefficient (Wildman–Crippen LogP) is 12.1. The lowest BCUT2D eigenvalue weighted by molar-refractivity contribution is 0.589. The van der Waals surface area contributed by atoms with Crippen LogP contribution in [0.5, 0.6) is 0 Å². The molecule has 3 heteroatoms. The molecule has 53 heavy (non-hydrogen) atoms. The van der Waals surface area contributed by atoms with Crippen molar-refractivity contribution in [2.45, 2.75) is 62.2 Å². The van der Waals surface area contributed by atoms with Crippen molar-refractivity contribution < 1.29 is 0 Å². The van der Waals surface area contributed by atoms with Gasteiger partial charge < -0.3 is 4.90 Å². The van der Waals surface area contributed by atoms with E-state index in [9.17, 15) is 0 Å². The van der Waals surface area contributed by atoms with Gasteiger partial charge in [-0.15, -0.1) is 0 Å². The zero-order chi connectivity index (χ0) is 36.1. The number of aryl methyl sites for hydroxylation is 1. The normalized spacial score (nSPS) is 13.0. The van der Waals surface area contributed by atoms with E-state index in [0.29, 0.717) is 0 Å². The fraction of sp³-hybridized carbons (Fsp3) is 0.160. The average molecular weight is 702 g/mol. The topological polar surface area (TPSA) is 3.24 Å². The molecule has 2 aliphatic rings. The Labute approximate surface area is 319 Å². The Morgan fingerprint density at radius 2 is 1.08 bits per heavy atom. The van der Waals surface area contributed by atoms with Crippen molar-refractivity contribution in [2.24, 2.45) is 0 Å². The van der Waals surface area contributed by atoms with Crippen LogP contribution in [0.1, 0.15) is 51.7 Å². The molecule has 2 heterocycles. The van der Waals surface area contributed by atoms with Crippen LogP contribution in [0.25, 0.3) is 33.4 Å². The van der Waals surface area contributed by atoms with Crippen molar-refractivity contribution in [2.75, 3.05) is 4.90 Å². The number of rotatable bonds is 7. The van der Waals surface area contributed by atoms with Gasteiger partial charge in [0.2, 0.25) is 6.71 Å². The van der Waals surface area contributed by atoms with Crippen LogP contribution < -0.4 is 21.3 Å². The second-order valence-corrected chi connectivity index (χ2v) is 16.7. The summed E-state index contributed by atoms with van der Waals surface area (Å²) >= 11 is 1.95. The maximum absolute atomic E-state index is 2.64. The molecule has 0 saturated carbocycles. The summed E-state index contributed by atoms with van der Waals surface area (Å²) in [6.07, 6.45) is 3.35. The first kappa shape index (κ1) is 33.6. The first-order valence-corrected chi connectivity index (χ1v) is 19.9. The lowest BCUT2D eigenvalue weighted by Crippen LogP contribution is -2.60. The summed E-state index contributed by atoms with van der Waals surface area (Å²) < 4.78 is 0. The van der Waals surface area contributed by atoms with Gasteiger partial charge in [0.15, 0.2) is 0 Å². The molecule has 0 radical (unpaired) electrons. The SMILES string of the molecule is CCCCc1ccc(-c2ccccc2)cc1N1c2ccc(-c3ccccc3)cc2B2c3cc(-c4ccccc4)ccc3Sc3cc(C(C)(C)C)cc1c32. The van der Waals surface area contributed by atoms with E-state index < -0.39 is 0 Å². The average Bonchev–Trinajstić information content (AvgIpc) is 3.20. The molecule has 7 aromatic rings. The summed E-state index contributed by atoms with van der Waals surface area (Å²) in [6, 6.07) is 59.2. The molecule has 0 saturated heterocycles. The van der Waals surface area contributed by atoms with Crippen LogP contribution in [0.15, 0.2) is 168 Å². The third-order valence-corrected chi connectivity index (χ3v) is 12.2. The molecule has 258 valence electrons. The Bertz CT molecular complexity index is 2450. The standard InChI is InChI=1S/C50H44BNS/c1-5-6-16-37-23-24-40(36-21-14-9-15-22-36)31-45(37)52-44-27-25-38(34-17-10-7-11-18-34)29-42(44)51-43-30-39(35-19-12-8-13-20-35)26-28-47(43)53-48-33-41(50(2,3)4)32-46(52)49(48)51/h7-15,17-33H,5-6,16H2,1-4H3. The van der Waals surface area contributed by atoms with Gasteiger partial charge in [-0.3, -0.25) is 0 Å². The molecule has 0 unspecified atom stereocenters. The van der Waals surface area contributed by atoms with E-state index in [-0.39, 0.29) is 12.1 Å².